The number of amides is 2. The molecule has 0 fully saturated rings. The summed E-state index contributed by atoms with van der Waals surface area (Å²) in [6, 6.07) is 0. The lowest BCUT2D eigenvalue weighted by molar-refractivity contribution is -0.204. The third-order valence-electron chi connectivity index (χ3n) is 3.07. The smallest absolute Gasteiger partial charge is 0.402 e. The molecule has 0 bridgehead atoms. The molecule has 134 valence electrons. The molecule has 0 spiro atoms. The van der Waals surface area contributed by atoms with Crippen LogP contribution >= 0.6 is 0 Å². The van der Waals surface area contributed by atoms with E-state index in [9.17, 15) is 10.2 Å². The van der Waals surface area contributed by atoms with E-state index in [1.807, 2.05) is 13.8 Å². The van der Waals surface area contributed by atoms with E-state index in [0.29, 0.717) is 6.42 Å². The number of carbonyl (C=O) groups is 2. The molecule has 22 heavy (non-hydrogen) atoms. The van der Waals surface area contributed by atoms with Crippen molar-refractivity contribution in [3.63, 3.8) is 0 Å². The molecule has 0 saturated carbocycles. The Bertz CT molecular complexity index is 265. The highest BCUT2D eigenvalue weighted by molar-refractivity contribution is 5.61. The maximum absolute atomic E-state index is 9.70. The van der Waals surface area contributed by atoms with Gasteiger partial charge in [-0.05, 0) is 19.3 Å². The first kappa shape index (κ1) is 25.4. The molecule has 0 saturated heterocycles. The Morgan fingerprint density at radius 1 is 0.955 bits per heavy atom. The van der Waals surface area contributed by atoms with Gasteiger partial charge in [0.15, 0.2) is 5.79 Å². The van der Waals surface area contributed by atoms with Crippen LogP contribution in [0, 0.1) is 5.92 Å². The first-order valence-electron chi connectivity index (χ1n) is 7.46. The van der Waals surface area contributed by atoms with Crippen LogP contribution in [0.15, 0.2) is 0 Å². The molecule has 0 aliphatic carbocycles. The van der Waals surface area contributed by atoms with Crippen molar-refractivity contribution in [2.45, 2.75) is 71.5 Å². The molecule has 0 heterocycles. The fourth-order valence-electron chi connectivity index (χ4n) is 1.87. The van der Waals surface area contributed by atoms with Crippen LogP contribution < -0.4 is 11.5 Å². The summed E-state index contributed by atoms with van der Waals surface area (Å²) in [5.41, 5.74) is 8.06. The molecule has 0 aliphatic rings. The molecule has 0 aromatic heterocycles. The number of hydrogen-bond donors (Lipinski definition) is 6. The van der Waals surface area contributed by atoms with Gasteiger partial charge in [0.25, 0.3) is 0 Å². The average molecular weight is 324 g/mol. The molecule has 0 rings (SSSR count). The summed E-state index contributed by atoms with van der Waals surface area (Å²) in [4.78, 5) is 17.6. The summed E-state index contributed by atoms with van der Waals surface area (Å²) in [5, 5.41) is 33.8. The van der Waals surface area contributed by atoms with Gasteiger partial charge in [0, 0.05) is 5.92 Å². The lowest BCUT2D eigenvalue weighted by Gasteiger charge is -2.29. The van der Waals surface area contributed by atoms with Gasteiger partial charge in [0.1, 0.15) is 0 Å². The van der Waals surface area contributed by atoms with Crippen molar-refractivity contribution in [3.8, 4) is 0 Å². The number of carboxylic acid groups (broad SMARTS) is 2. The van der Waals surface area contributed by atoms with E-state index in [4.69, 9.17) is 19.8 Å². The summed E-state index contributed by atoms with van der Waals surface area (Å²) >= 11 is 0. The van der Waals surface area contributed by atoms with Gasteiger partial charge in [0.05, 0.1) is 0 Å². The lowest BCUT2D eigenvalue weighted by atomic mass is 9.88. The first-order valence-corrected chi connectivity index (χ1v) is 7.46. The maximum atomic E-state index is 9.70. The number of primary amides is 2. The van der Waals surface area contributed by atoms with E-state index in [2.05, 4.69) is 18.4 Å². The Morgan fingerprint density at radius 2 is 1.36 bits per heavy atom. The van der Waals surface area contributed by atoms with Crippen LogP contribution in [0.5, 0.6) is 0 Å². The fraction of sp³-hybridized carbons (Fsp3) is 0.857. The largest absolute Gasteiger partial charge is 0.465 e. The molecular weight excluding hydrogens is 292 g/mol. The van der Waals surface area contributed by atoms with Crippen molar-refractivity contribution in [1.29, 1.82) is 0 Å². The quantitative estimate of drug-likeness (QED) is 0.296. The predicted octanol–water partition coefficient (Wildman–Crippen LogP) is 2.32. The maximum Gasteiger partial charge on any atom is 0.402 e. The van der Waals surface area contributed by atoms with E-state index in [1.54, 1.807) is 0 Å². The van der Waals surface area contributed by atoms with E-state index < -0.39 is 18.0 Å². The van der Waals surface area contributed by atoms with Crippen molar-refractivity contribution < 1.29 is 30.0 Å². The third kappa shape index (κ3) is 23.5. The van der Waals surface area contributed by atoms with Gasteiger partial charge >= 0.3 is 12.2 Å². The Balaban J connectivity index is -0.000000372. The minimum absolute atomic E-state index is 0.0457. The molecule has 0 aromatic rings. The number of hydrogen-bond acceptors (Lipinski definition) is 4. The number of aliphatic hydroxyl groups is 2. The van der Waals surface area contributed by atoms with Crippen molar-refractivity contribution in [1.82, 2.24) is 0 Å². The van der Waals surface area contributed by atoms with Crippen LogP contribution in [0.3, 0.4) is 0 Å². The molecule has 0 aliphatic heterocycles. The Hall–Kier alpha value is -1.54. The van der Waals surface area contributed by atoms with Gasteiger partial charge in [0.2, 0.25) is 0 Å². The Kier molecular flexibility index (Phi) is 18.3. The monoisotopic (exact) mass is 324 g/mol. The SMILES string of the molecule is CCCCCCC(CC)C(O)(O)CC.NC(=O)O.NC(=O)O. The van der Waals surface area contributed by atoms with Crippen LogP contribution in [0.2, 0.25) is 0 Å². The zero-order valence-corrected chi connectivity index (χ0v) is 13.8. The van der Waals surface area contributed by atoms with E-state index in [-0.39, 0.29) is 5.92 Å². The number of rotatable bonds is 8. The zero-order chi connectivity index (χ0) is 18.2. The molecule has 8 heteroatoms. The molecular formula is C14H32N2O6. The summed E-state index contributed by atoms with van der Waals surface area (Å²) in [6.07, 6.45) is 4.38. The highest BCUT2D eigenvalue weighted by Gasteiger charge is 2.30. The van der Waals surface area contributed by atoms with Gasteiger partial charge in [-0.15, -0.1) is 0 Å². The van der Waals surface area contributed by atoms with Gasteiger partial charge < -0.3 is 31.9 Å². The molecule has 0 radical (unpaired) electrons. The van der Waals surface area contributed by atoms with Crippen LogP contribution in [-0.4, -0.2) is 38.4 Å². The second-order valence-corrected chi connectivity index (χ2v) is 4.86. The topological polar surface area (TPSA) is 167 Å². The van der Waals surface area contributed by atoms with E-state index in [0.717, 1.165) is 19.3 Å². The second-order valence-electron chi connectivity index (χ2n) is 4.86. The number of nitrogens with two attached hydrogens (primary N) is 2. The van der Waals surface area contributed by atoms with Crippen molar-refractivity contribution >= 4 is 12.2 Å². The Morgan fingerprint density at radius 3 is 1.64 bits per heavy atom. The molecule has 8 nitrogen and oxygen atoms in total. The van der Waals surface area contributed by atoms with Crippen molar-refractivity contribution in [3.05, 3.63) is 0 Å². The molecule has 8 N–H and O–H groups in total. The van der Waals surface area contributed by atoms with Crippen LogP contribution in [0.25, 0.3) is 0 Å². The highest BCUT2D eigenvalue weighted by atomic mass is 16.5. The zero-order valence-electron chi connectivity index (χ0n) is 13.8. The average Bonchev–Trinajstić information content (AvgIpc) is 2.37. The third-order valence-corrected chi connectivity index (χ3v) is 3.07. The molecule has 2 amide bonds. The Labute approximate surface area is 132 Å². The van der Waals surface area contributed by atoms with Crippen LogP contribution in [0.1, 0.15) is 65.7 Å². The molecule has 0 aromatic carbocycles. The van der Waals surface area contributed by atoms with Crippen LogP contribution in [0.4, 0.5) is 9.59 Å². The molecule has 1 unspecified atom stereocenters. The van der Waals surface area contributed by atoms with E-state index in [1.165, 1.54) is 19.3 Å². The fourth-order valence-corrected chi connectivity index (χ4v) is 1.87. The minimum Gasteiger partial charge on any atom is -0.465 e. The highest BCUT2D eigenvalue weighted by Crippen LogP contribution is 2.26. The summed E-state index contributed by atoms with van der Waals surface area (Å²) in [7, 11) is 0. The summed E-state index contributed by atoms with van der Waals surface area (Å²) < 4.78 is 0. The van der Waals surface area contributed by atoms with Crippen LogP contribution in [-0.2, 0) is 0 Å². The van der Waals surface area contributed by atoms with Gasteiger partial charge in [-0.1, -0.05) is 46.5 Å². The minimum atomic E-state index is -1.44. The summed E-state index contributed by atoms with van der Waals surface area (Å²) in [5.74, 6) is -1.40. The van der Waals surface area contributed by atoms with Gasteiger partial charge in [-0.2, -0.15) is 0 Å². The first-order chi connectivity index (χ1) is 10.0. The molecule has 1 atom stereocenters. The van der Waals surface area contributed by atoms with Gasteiger partial charge in [-0.25, -0.2) is 9.59 Å². The van der Waals surface area contributed by atoms with Crippen molar-refractivity contribution in [2.75, 3.05) is 0 Å². The number of unbranched alkanes of at least 4 members (excludes halogenated alkanes) is 3. The predicted molar refractivity (Wildman–Crippen MR) is 84.4 cm³/mol. The normalized spacial score (nSPS) is 11.3. The lowest BCUT2D eigenvalue weighted by Crippen LogP contribution is -2.36. The van der Waals surface area contributed by atoms with Crippen molar-refractivity contribution in [2.24, 2.45) is 17.4 Å². The van der Waals surface area contributed by atoms with E-state index >= 15 is 0 Å². The standard InChI is InChI=1S/C12H26O2.2CH3NO2/c1-4-7-8-9-10-11(5-2)12(13,14)6-3;2*2-1(3)4/h11,13-14H,4-10H2,1-3H3;2*2H2,(H,3,4). The van der Waals surface area contributed by atoms with Gasteiger partial charge in [-0.3, -0.25) is 0 Å². The second kappa shape index (κ2) is 15.8. The summed E-state index contributed by atoms with van der Waals surface area (Å²) in [6.45, 7) is 6.04.